The Kier molecular flexibility index (Phi) is 7.72. The topological polar surface area (TPSA) is 59.9 Å². The second-order valence-electron chi connectivity index (χ2n) is 7.02. The average Bonchev–Trinajstić information content (AvgIpc) is 3.15. The van der Waals surface area contributed by atoms with Gasteiger partial charge in [-0.05, 0) is 51.8 Å². The van der Waals surface area contributed by atoms with E-state index in [9.17, 15) is 5.11 Å². The number of benzene rings is 1. The van der Waals surface area contributed by atoms with Crippen molar-refractivity contribution in [1.29, 1.82) is 0 Å². The van der Waals surface area contributed by atoms with Crippen LogP contribution in [0.5, 0.6) is 0 Å². The van der Waals surface area contributed by atoms with Crippen molar-refractivity contribution >= 4 is 5.96 Å². The van der Waals surface area contributed by atoms with Crippen LogP contribution < -0.4 is 10.6 Å². The first kappa shape index (κ1) is 19.7. The highest BCUT2D eigenvalue weighted by atomic mass is 16.3. The zero-order valence-electron chi connectivity index (χ0n) is 16.0. The third kappa shape index (κ3) is 6.01. The average molecular weight is 347 g/mol. The van der Waals surface area contributed by atoms with Crippen LogP contribution in [0.2, 0.25) is 0 Å². The summed E-state index contributed by atoms with van der Waals surface area (Å²) in [7, 11) is 0. The van der Waals surface area contributed by atoms with E-state index in [4.69, 9.17) is 0 Å². The van der Waals surface area contributed by atoms with E-state index in [1.807, 2.05) is 37.3 Å². The summed E-state index contributed by atoms with van der Waals surface area (Å²) in [4.78, 5) is 7.19. The highest BCUT2D eigenvalue weighted by Gasteiger charge is 2.23. The van der Waals surface area contributed by atoms with Gasteiger partial charge in [0.25, 0.3) is 0 Å². The molecule has 5 heteroatoms. The Hall–Kier alpha value is -1.59. The number of guanidine groups is 1. The lowest BCUT2D eigenvalue weighted by molar-refractivity contribution is 0.0672. The van der Waals surface area contributed by atoms with Crippen LogP contribution in [0, 0.1) is 0 Å². The lowest BCUT2D eigenvalue weighted by Crippen LogP contribution is -2.46. The van der Waals surface area contributed by atoms with Crippen LogP contribution in [-0.4, -0.2) is 54.7 Å². The third-order valence-electron chi connectivity index (χ3n) is 4.92. The number of nitrogens with one attached hydrogen (secondary N) is 2. The first-order valence-electron chi connectivity index (χ1n) is 9.61. The van der Waals surface area contributed by atoms with Crippen molar-refractivity contribution in [3.05, 3.63) is 35.9 Å². The van der Waals surface area contributed by atoms with Crippen LogP contribution in [0.4, 0.5) is 0 Å². The van der Waals surface area contributed by atoms with Crippen LogP contribution in [0.25, 0.3) is 0 Å². The zero-order chi connectivity index (χ0) is 18.1. The largest absolute Gasteiger partial charge is 0.384 e. The number of aliphatic hydroxyl groups is 1. The number of aliphatic imine (C=N–C) groups is 1. The SMILES string of the molecule is CCNC(=NCC(C)(O)c1ccccc1)NCC(CC)N1CCCC1. The van der Waals surface area contributed by atoms with E-state index in [0.29, 0.717) is 12.6 Å². The zero-order valence-corrected chi connectivity index (χ0v) is 16.0. The van der Waals surface area contributed by atoms with Crippen molar-refractivity contribution in [2.24, 2.45) is 4.99 Å². The Balaban J connectivity index is 1.95. The molecule has 1 aromatic rings. The van der Waals surface area contributed by atoms with Gasteiger partial charge in [-0.3, -0.25) is 4.90 Å². The molecule has 3 N–H and O–H groups in total. The Labute approximate surface area is 152 Å². The van der Waals surface area contributed by atoms with Crippen molar-refractivity contribution < 1.29 is 5.11 Å². The Morgan fingerprint density at radius 2 is 1.88 bits per heavy atom. The van der Waals surface area contributed by atoms with Gasteiger partial charge in [-0.2, -0.15) is 0 Å². The Morgan fingerprint density at radius 3 is 2.48 bits per heavy atom. The molecule has 1 aliphatic heterocycles. The molecule has 0 aliphatic carbocycles. The molecule has 0 bridgehead atoms. The fraction of sp³-hybridized carbons (Fsp3) is 0.650. The number of hydrogen-bond acceptors (Lipinski definition) is 3. The summed E-state index contributed by atoms with van der Waals surface area (Å²) in [6.07, 6.45) is 3.75. The molecule has 0 amide bonds. The normalized spacial score (nSPS) is 19.4. The van der Waals surface area contributed by atoms with Crippen LogP contribution in [0.3, 0.4) is 0 Å². The van der Waals surface area contributed by atoms with Crippen LogP contribution >= 0.6 is 0 Å². The summed E-state index contributed by atoms with van der Waals surface area (Å²) in [6.45, 7) is 10.5. The van der Waals surface area contributed by atoms with Crippen molar-refractivity contribution in [3.63, 3.8) is 0 Å². The number of nitrogens with zero attached hydrogens (tertiary/aromatic N) is 2. The fourth-order valence-corrected chi connectivity index (χ4v) is 3.32. The molecule has 1 aliphatic rings. The van der Waals surface area contributed by atoms with E-state index in [1.165, 1.54) is 25.9 Å². The maximum absolute atomic E-state index is 10.7. The molecule has 1 saturated heterocycles. The standard InChI is InChI=1S/C20H34N4O/c1-4-18(24-13-9-10-14-24)15-22-19(21-5-2)23-16-20(3,25)17-11-7-6-8-12-17/h6-8,11-12,18,25H,4-5,9-10,13-16H2,1-3H3,(H2,21,22,23). The fourth-order valence-electron chi connectivity index (χ4n) is 3.32. The van der Waals surface area contributed by atoms with Gasteiger partial charge >= 0.3 is 0 Å². The predicted octanol–water partition coefficient (Wildman–Crippen LogP) is 2.32. The molecule has 2 atom stereocenters. The summed E-state index contributed by atoms with van der Waals surface area (Å²) in [5.74, 6) is 0.774. The van der Waals surface area contributed by atoms with E-state index in [-0.39, 0.29) is 0 Å². The van der Waals surface area contributed by atoms with Gasteiger partial charge in [0, 0.05) is 19.1 Å². The lowest BCUT2D eigenvalue weighted by Gasteiger charge is -2.28. The van der Waals surface area contributed by atoms with Crippen molar-refractivity contribution in [2.75, 3.05) is 32.7 Å². The lowest BCUT2D eigenvalue weighted by atomic mass is 9.96. The first-order valence-corrected chi connectivity index (χ1v) is 9.61. The number of rotatable bonds is 8. The molecule has 140 valence electrons. The van der Waals surface area contributed by atoms with Crippen molar-refractivity contribution in [3.8, 4) is 0 Å². The molecule has 0 spiro atoms. The minimum Gasteiger partial charge on any atom is -0.384 e. The van der Waals surface area contributed by atoms with Gasteiger partial charge in [0.15, 0.2) is 5.96 Å². The molecule has 1 heterocycles. The van der Waals surface area contributed by atoms with Gasteiger partial charge in [0.2, 0.25) is 0 Å². The van der Waals surface area contributed by atoms with Gasteiger partial charge in [0.05, 0.1) is 6.54 Å². The maximum Gasteiger partial charge on any atom is 0.191 e. The quantitative estimate of drug-likeness (QED) is 0.499. The Morgan fingerprint density at radius 1 is 1.20 bits per heavy atom. The summed E-state index contributed by atoms with van der Waals surface area (Å²) >= 11 is 0. The molecule has 25 heavy (non-hydrogen) atoms. The van der Waals surface area contributed by atoms with Crippen LogP contribution in [0.1, 0.15) is 45.6 Å². The van der Waals surface area contributed by atoms with E-state index in [2.05, 4.69) is 34.4 Å². The van der Waals surface area contributed by atoms with Crippen LogP contribution in [0.15, 0.2) is 35.3 Å². The molecule has 5 nitrogen and oxygen atoms in total. The van der Waals surface area contributed by atoms with E-state index in [1.54, 1.807) is 0 Å². The first-order chi connectivity index (χ1) is 12.1. The predicted molar refractivity (Wildman–Crippen MR) is 105 cm³/mol. The van der Waals surface area contributed by atoms with Gasteiger partial charge in [-0.25, -0.2) is 4.99 Å². The molecule has 0 aromatic heterocycles. The molecule has 1 aromatic carbocycles. The second-order valence-corrected chi connectivity index (χ2v) is 7.02. The van der Waals surface area contributed by atoms with Crippen LogP contribution in [-0.2, 0) is 5.60 Å². The molecule has 1 fully saturated rings. The minimum absolute atomic E-state index is 0.326. The molecule has 2 unspecified atom stereocenters. The summed E-state index contributed by atoms with van der Waals surface area (Å²) < 4.78 is 0. The molecule has 0 saturated carbocycles. The summed E-state index contributed by atoms with van der Waals surface area (Å²) in [5.41, 5.74) is -0.0824. The highest BCUT2D eigenvalue weighted by molar-refractivity contribution is 5.79. The highest BCUT2D eigenvalue weighted by Crippen LogP contribution is 2.20. The van der Waals surface area contributed by atoms with Gasteiger partial charge in [0.1, 0.15) is 5.60 Å². The summed E-state index contributed by atoms with van der Waals surface area (Å²) in [6, 6.07) is 10.3. The van der Waals surface area contributed by atoms with Crippen molar-refractivity contribution in [1.82, 2.24) is 15.5 Å². The van der Waals surface area contributed by atoms with E-state index < -0.39 is 5.60 Å². The maximum atomic E-state index is 10.7. The van der Waals surface area contributed by atoms with Gasteiger partial charge in [-0.15, -0.1) is 0 Å². The smallest absolute Gasteiger partial charge is 0.191 e. The number of hydrogen-bond donors (Lipinski definition) is 3. The molecular weight excluding hydrogens is 312 g/mol. The Bertz CT molecular complexity index is 524. The van der Waals surface area contributed by atoms with Crippen molar-refractivity contribution in [2.45, 2.75) is 51.7 Å². The van der Waals surface area contributed by atoms with E-state index >= 15 is 0 Å². The van der Waals surface area contributed by atoms with Gasteiger partial charge < -0.3 is 15.7 Å². The molecule has 2 rings (SSSR count). The minimum atomic E-state index is -0.970. The third-order valence-corrected chi connectivity index (χ3v) is 4.92. The molecule has 0 radical (unpaired) electrons. The monoisotopic (exact) mass is 346 g/mol. The second kappa shape index (κ2) is 9.78. The van der Waals surface area contributed by atoms with E-state index in [0.717, 1.165) is 31.0 Å². The summed E-state index contributed by atoms with van der Waals surface area (Å²) in [5, 5.41) is 17.5. The molecular formula is C20H34N4O. The number of likely N-dealkylation sites (tertiary alicyclic amines) is 1. The van der Waals surface area contributed by atoms with Gasteiger partial charge in [-0.1, -0.05) is 37.3 Å².